The number of para-hydroxylation sites is 2. The topological polar surface area (TPSA) is 3.24 Å². The number of nitrogens with zero attached hydrogens (tertiary/aromatic N) is 1. The lowest BCUT2D eigenvalue weighted by Crippen LogP contribution is -2.11. The molecular weight excluding hydrogens is 494 g/mol. The molecule has 1 heteroatoms. The maximum absolute atomic E-state index is 2.41. The lowest BCUT2D eigenvalue weighted by molar-refractivity contribution is 0.445. The van der Waals surface area contributed by atoms with E-state index in [2.05, 4.69) is 150 Å². The van der Waals surface area contributed by atoms with Gasteiger partial charge >= 0.3 is 0 Å². The molecule has 0 amide bonds. The fourth-order valence-corrected chi connectivity index (χ4v) is 6.68. The summed E-state index contributed by atoms with van der Waals surface area (Å²) in [7, 11) is 0. The van der Waals surface area contributed by atoms with Crippen LogP contribution in [0.4, 0.5) is 17.1 Å². The summed E-state index contributed by atoms with van der Waals surface area (Å²) in [5, 5.41) is 2.75. The van der Waals surface area contributed by atoms with Crippen molar-refractivity contribution in [2.75, 3.05) is 4.90 Å². The highest BCUT2D eigenvalue weighted by atomic mass is 15.1. The minimum Gasteiger partial charge on any atom is -0.310 e. The van der Waals surface area contributed by atoms with E-state index in [1.165, 1.54) is 76.4 Å². The minimum absolute atomic E-state index is 0.636. The lowest BCUT2D eigenvalue weighted by atomic mass is 9.80. The van der Waals surface area contributed by atoms with Crippen LogP contribution in [0, 0.1) is 0 Å². The highest BCUT2D eigenvalue weighted by Crippen LogP contribution is 2.45. The third kappa shape index (κ3) is 5.05. The van der Waals surface area contributed by atoms with Crippen molar-refractivity contribution in [3.8, 4) is 22.3 Å². The number of hydrogen-bond donors (Lipinski definition) is 0. The zero-order valence-corrected chi connectivity index (χ0v) is 23.4. The number of fused-ring (bicyclic) bond motifs is 1. The average molecular weight is 530 g/mol. The first-order valence-corrected chi connectivity index (χ1v) is 15.0. The third-order valence-corrected chi connectivity index (χ3v) is 8.66. The van der Waals surface area contributed by atoms with E-state index in [-0.39, 0.29) is 0 Å². The summed E-state index contributed by atoms with van der Waals surface area (Å²) in [4.78, 5) is 2.41. The van der Waals surface area contributed by atoms with Gasteiger partial charge in [-0.3, -0.25) is 0 Å². The van der Waals surface area contributed by atoms with Gasteiger partial charge < -0.3 is 4.90 Å². The Morgan fingerprint density at radius 3 is 1.78 bits per heavy atom. The van der Waals surface area contributed by atoms with Gasteiger partial charge in [0.15, 0.2) is 0 Å². The van der Waals surface area contributed by atoms with Crippen LogP contribution in [-0.2, 0) is 0 Å². The van der Waals surface area contributed by atoms with Gasteiger partial charge in [-0.1, -0.05) is 135 Å². The number of benzene rings is 6. The van der Waals surface area contributed by atoms with E-state index in [1.807, 2.05) is 0 Å². The maximum atomic E-state index is 2.41. The van der Waals surface area contributed by atoms with E-state index < -0.39 is 0 Å². The molecule has 0 saturated heterocycles. The maximum Gasteiger partial charge on any atom is 0.0540 e. The second-order valence-corrected chi connectivity index (χ2v) is 11.2. The van der Waals surface area contributed by atoms with Crippen LogP contribution in [0.25, 0.3) is 33.0 Å². The average Bonchev–Trinajstić information content (AvgIpc) is 3.06. The van der Waals surface area contributed by atoms with Gasteiger partial charge in [0.1, 0.15) is 0 Å². The van der Waals surface area contributed by atoms with Crippen molar-refractivity contribution in [2.45, 2.75) is 38.0 Å². The summed E-state index contributed by atoms with van der Waals surface area (Å²) in [6, 6.07) is 53.0. The second kappa shape index (κ2) is 11.5. The van der Waals surface area contributed by atoms with Gasteiger partial charge in [-0.2, -0.15) is 0 Å². The fourth-order valence-electron chi connectivity index (χ4n) is 6.68. The third-order valence-electron chi connectivity index (χ3n) is 8.66. The van der Waals surface area contributed by atoms with E-state index in [4.69, 9.17) is 0 Å². The molecule has 0 spiro atoms. The van der Waals surface area contributed by atoms with E-state index in [1.54, 1.807) is 0 Å². The van der Waals surface area contributed by atoms with E-state index >= 15 is 0 Å². The molecule has 0 atom stereocenters. The van der Waals surface area contributed by atoms with Gasteiger partial charge in [-0.15, -0.1) is 0 Å². The summed E-state index contributed by atoms with van der Waals surface area (Å²) in [6.07, 6.45) is 6.62. The largest absolute Gasteiger partial charge is 0.310 e. The van der Waals surface area contributed by atoms with Crippen molar-refractivity contribution < 1.29 is 0 Å². The summed E-state index contributed by atoms with van der Waals surface area (Å²) in [5.41, 5.74) is 10.1. The van der Waals surface area contributed by atoms with Crippen LogP contribution in [0.2, 0.25) is 0 Å². The molecule has 200 valence electrons. The van der Waals surface area contributed by atoms with Crippen molar-refractivity contribution in [1.29, 1.82) is 0 Å². The highest BCUT2D eigenvalue weighted by molar-refractivity contribution is 6.03. The fraction of sp³-hybridized carbons (Fsp3) is 0.150. The molecule has 1 aliphatic carbocycles. The van der Waals surface area contributed by atoms with E-state index in [0.29, 0.717) is 5.92 Å². The first-order chi connectivity index (χ1) is 20.4. The van der Waals surface area contributed by atoms with Crippen LogP contribution in [0.3, 0.4) is 0 Å². The predicted molar refractivity (Wildman–Crippen MR) is 175 cm³/mol. The van der Waals surface area contributed by atoms with Crippen LogP contribution in [0.15, 0.2) is 146 Å². The molecule has 0 heterocycles. The Hall–Kier alpha value is -4.62. The van der Waals surface area contributed by atoms with E-state index in [9.17, 15) is 0 Å². The molecule has 0 aliphatic heterocycles. The molecule has 0 bridgehead atoms. The zero-order valence-electron chi connectivity index (χ0n) is 23.4. The van der Waals surface area contributed by atoms with Crippen LogP contribution in [0.1, 0.15) is 43.6 Å². The van der Waals surface area contributed by atoms with Crippen LogP contribution >= 0.6 is 0 Å². The molecule has 1 fully saturated rings. The van der Waals surface area contributed by atoms with Gasteiger partial charge in [0.05, 0.1) is 5.69 Å². The van der Waals surface area contributed by atoms with Crippen molar-refractivity contribution in [2.24, 2.45) is 0 Å². The summed E-state index contributed by atoms with van der Waals surface area (Å²) < 4.78 is 0. The molecule has 0 unspecified atom stereocenters. The molecular formula is C40H35N. The Balaban J connectivity index is 1.40. The Bertz CT molecular complexity index is 1740. The SMILES string of the molecule is c1ccc(-c2ccc(N(c3ccccc3)c3ccccc3-c3cccc4cccc(C5CCCCC5)c34)cc2)cc1. The molecule has 6 aromatic carbocycles. The van der Waals surface area contributed by atoms with Crippen LogP contribution in [0.5, 0.6) is 0 Å². The molecule has 1 nitrogen and oxygen atoms in total. The second-order valence-electron chi connectivity index (χ2n) is 11.2. The first kappa shape index (κ1) is 25.4. The minimum atomic E-state index is 0.636. The molecule has 1 aliphatic rings. The van der Waals surface area contributed by atoms with Gasteiger partial charge in [-0.05, 0) is 82.1 Å². The summed E-state index contributed by atoms with van der Waals surface area (Å²) in [6.45, 7) is 0. The summed E-state index contributed by atoms with van der Waals surface area (Å²) >= 11 is 0. The molecule has 0 aromatic heterocycles. The highest BCUT2D eigenvalue weighted by Gasteiger charge is 2.22. The number of hydrogen-bond acceptors (Lipinski definition) is 1. The smallest absolute Gasteiger partial charge is 0.0540 e. The van der Waals surface area contributed by atoms with Crippen molar-refractivity contribution in [1.82, 2.24) is 0 Å². The Labute approximate surface area is 243 Å². The molecule has 0 N–H and O–H groups in total. The molecule has 6 aromatic rings. The standard InChI is InChI=1S/C40H35N/c1-4-14-30(15-5-1)31-26-28-35(29-27-31)41(34-20-8-3-9-21-34)39-25-11-10-22-37(39)38-24-13-19-33-18-12-23-36(40(33)38)32-16-6-2-7-17-32/h1,3-5,8-15,18-29,32H,2,6-7,16-17H2. The van der Waals surface area contributed by atoms with Crippen molar-refractivity contribution in [3.05, 3.63) is 151 Å². The van der Waals surface area contributed by atoms with Gasteiger partial charge in [0, 0.05) is 16.9 Å². The molecule has 7 rings (SSSR count). The van der Waals surface area contributed by atoms with Gasteiger partial charge in [-0.25, -0.2) is 0 Å². The molecule has 41 heavy (non-hydrogen) atoms. The van der Waals surface area contributed by atoms with E-state index in [0.717, 1.165) is 11.4 Å². The Morgan fingerprint density at radius 1 is 0.439 bits per heavy atom. The Morgan fingerprint density at radius 2 is 1.02 bits per heavy atom. The zero-order chi connectivity index (χ0) is 27.4. The van der Waals surface area contributed by atoms with Crippen LogP contribution in [-0.4, -0.2) is 0 Å². The molecule has 0 radical (unpaired) electrons. The van der Waals surface area contributed by atoms with Crippen molar-refractivity contribution in [3.63, 3.8) is 0 Å². The predicted octanol–water partition coefficient (Wildman–Crippen LogP) is 11.7. The monoisotopic (exact) mass is 529 g/mol. The number of anilines is 3. The first-order valence-electron chi connectivity index (χ1n) is 15.0. The molecule has 1 saturated carbocycles. The summed E-state index contributed by atoms with van der Waals surface area (Å²) in [5.74, 6) is 0.636. The quantitative estimate of drug-likeness (QED) is 0.207. The van der Waals surface area contributed by atoms with Gasteiger partial charge in [0.25, 0.3) is 0 Å². The van der Waals surface area contributed by atoms with Gasteiger partial charge in [0.2, 0.25) is 0 Å². The lowest BCUT2D eigenvalue weighted by Gasteiger charge is -2.29. The number of rotatable bonds is 6. The van der Waals surface area contributed by atoms with Crippen molar-refractivity contribution >= 4 is 27.8 Å². The normalized spacial score (nSPS) is 13.8. The Kier molecular flexibility index (Phi) is 7.09. The van der Waals surface area contributed by atoms with Crippen LogP contribution < -0.4 is 4.90 Å².